The van der Waals surface area contributed by atoms with E-state index in [0.29, 0.717) is 0 Å². The fourth-order valence-corrected chi connectivity index (χ4v) is 2.37. The summed E-state index contributed by atoms with van der Waals surface area (Å²) < 4.78 is 1.09. The molecule has 0 amide bonds. The Morgan fingerprint density at radius 3 is 2.52 bits per heavy atom. The molecule has 112 valence electrons. The Labute approximate surface area is 134 Å². The van der Waals surface area contributed by atoms with E-state index in [1.165, 1.54) is 5.56 Å². The van der Waals surface area contributed by atoms with Crippen molar-refractivity contribution in [1.82, 2.24) is 9.97 Å². The smallest absolute Gasteiger partial charge is 0.136 e. The van der Waals surface area contributed by atoms with Crippen molar-refractivity contribution < 1.29 is 0 Å². The first-order chi connectivity index (χ1) is 10.1. The average molecular weight is 349 g/mol. The summed E-state index contributed by atoms with van der Waals surface area (Å²) in [7, 11) is 0. The van der Waals surface area contributed by atoms with Gasteiger partial charge in [0, 0.05) is 29.2 Å². The van der Waals surface area contributed by atoms with Crippen LogP contribution in [0.1, 0.15) is 31.7 Å². The van der Waals surface area contributed by atoms with E-state index in [-0.39, 0.29) is 0 Å². The first-order valence-corrected chi connectivity index (χ1v) is 8.06. The van der Waals surface area contributed by atoms with Gasteiger partial charge in [-0.2, -0.15) is 0 Å². The zero-order chi connectivity index (χ0) is 15.2. The fraction of sp³-hybridized carbons (Fsp3) is 0.375. The van der Waals surface area contributed by atoms with Crippen LogP contribution >= 0.6 is 15.9 Å². The Morgan fingerprint density at radius 2 is 1.86 bits per heavy atom. The first-order valence-electron chi connectivity index (χ1n) is 7.27. The van der Waals surface area contributed by atoms with Gasteiger partial charge in [-0.3, -0.25) is 0 Å². The van der Waals surface area contributed by atoms with Gasteiger partial charge in [-0.05, 0) is 38.0 Å². The Balaban J connectivity index is 2.26. The van der Waals surface area contributed by atoms with Gasteiger partial charge in [0.15, 0.2) is 0 Å². The third kappa shape index (κ3) is 4.43. The van der Waals surface area contributed by atoms with Crippen LogP contribution in [0, 0.1) is 6.92 Å². The van der Waals surface area contributed by atoms with Crippen LogP contribution in [0.25, 0.3) is 0 Å². The molecule has 0 aliphatic carbocycles. The number of nitrogens with one attached hydrogen (secondary N) is 2. The molecule has 0 fully saturated rings. The summed E-state index contributed by atoms with van der Waals surface area (Å²) >= 11 is 3.55. The summed E-state index contributed by atoms with van der Waals surface area (Å²) in [5.74, 6) is 2.55. The first kappa shape index (κ1) is 15.8. The lowest BCUT2D eigenvalue weighted by molar-refractivity contribution is 0.836. The molecule has 0 saturated carbocycles. The molecule has 1 aromatic carbocycles. The molecule has 0 aliphatic rings. The van der Waals surface area contributed by atoms with Crippen LogP contribution in [-0.4, -0.2) is 16.5 Å². The molecule has 0 bridgehead atoms. The van der Waals surface area contributed by atoms with Gasteiger partial charge in [-0.25, -0.2) is 9.97 Å². The van der Waals surface area contributed by atoms with E-state index in [2.05, 4.69) is 75.5 Å². The van der Waals surface area contributed by atoms with Crippen molar-refractivity contribution in [3.63, 3.8) is 0 Å². The second-order valence-corrected chi connectivity index (χ2v) is 5.78. The van der Waals surface area contributed by atoms with Crippen LogP contribution in [0.15, 0.2) is 28.7 Å². The summed E-state index contributed by atoms with van der Waals surface area (Å²) in [5.41, 5.74) is 2.22. The number of aromatic nitrogens is 2. The predicted molar refractivity (Wildman–Crippen MR) is 92.4 cm³/mol. The molecule has 0 atom stereocenters. The molecule has 21 heavy (non-hydrogen) atoms. The molecule has 0 unspecified atom stereocenters. The fourth-order valence-electron chi connectivity index (χ4n) is 1.99. The van der Waals surface area contributed by atoms with Gasteiger partial charge in [0.2, 0.25) is 0 Å². The molecule has 0 aliphatic heterocycles. The average Bonchev–Trinajstić information content (AvgIpc) is 2.43. The third-order valence-electron chi connectivity index (χ3n) is 3.05. The molecular formula is C16H21BrN4. The number of nitrogens with zero attached hydrogens (tertiary/aromatic N) is 2. The van der Waals surface area contributed by atoms with Crippen molar-refractivity contribution in [2.45, 2.75) is 33.6 Å². The third-order valence-corrected chi connectivity index (χ3v) is 3.90. The molecule has 1 aromatic heterocycles. The van der Waals surface area contributed by atoms with Crippen molar-refractivity contribution in [1.29, 1.82) is 0 Å². The van der Waals surface area contributed by atoms with E-state index in [9.17, 15) is 0 Å². The van der Waals surface area contributed by atoms with Gasteiger partial charge in [0.25, 0.3) is 0 Å². The monoisotopic (exact) mass is 348 g/mol. The number of anilines is 3. The number of halogens is 1. The van der Waals surface area contributed by atoms with Crippen molar-refractivity contribution >= 4 is 33.3 Å². The maximum atomic E-state index is 4.58. The summed E-state index contributed by atoms with van der Waals surface area (Å²) in [6.45, 7) is 7.11. The van der Waals surface area contributed by atoms with Gasteiger partial charge < -0.3 is 10.6 Å². The molecule has 5 heteroatoms. The lowest BCUT2D eigenvalue weighted by Gasteiger charge is -2.11. The Morgan fingerprint density at radius 1 is 1.10 bits per heavy atom. The summed E-state index contributed by atoms with van der Waals surface area (Å²) in [6, 6.07) is 8.13. The maximum absolute atomic E-state index is 4.58. The summed E-state index contributed by atoms with van der Waals surface area (Å²) in [6.07, 6.45) is 1.91. The highest BCUT2D eigenvalue weighted by Crippen LogP contribution is 2.24. The predicted octanol–water partition coefficient (Wildman–Crippen LogP) is 4.68. The van der Waals surface area contributed by atoms with Crippen molar-refractivity contribution in [3.8, 4) is 0 Å². The zero-order valence-electron chi connectivity index (χ0n) is 12.7. The number of hydrogen-bond donors (Lipinski definition) is 2. The largest absolute Gasteiger partial charge is 0.370 e. The summed E-state index contributed by atoms with van der Waals surface area (Å²) in [4.78, 5) is 9.09. The molecule has 4 nitrogen and oxygen atoms in total. The number of benzene rings is 1. The van der Waals surface area contributed by atoms with E-state index in [1.807, 2.05) is 6.07 Å². The molecule has 2 N–H and O–H groups in total. The van der Waals surface area contributed by atoms with Crippen LogP contribution in [0.5, 0.6) is 0 Å². The minimum atomic E-state index is 0.820. The second-order valence-electron chi connectivity index (χ2n) is 4.92. The van der Waals surface area contributed by atoms with Gasteiger partial charge in [-0.1, -0.05) is 28.9 Å². The highest BCUT2D eigenvalue weighted by Gasteiger charge is 2.05. The number of hydrogen-bond acceptors (Lipinski definition) is 4. The normalized spacial score (nSPS) is 10.5. The lowest BCUT2D eigenvalue weighted by Crippen LogP contribution is -2.06. The Kier molecular flexibility index (Phi) is 5.56. The second kappa shape index (κ2) is 7.41. The minimum absolute atomic E-state index is 0.820. The number of aryl methyl sites for hydroxylation is 2. The minimum Gasteiger partial charge on any atom is -0.370 e. The van der Waals surface area contributed by atoms with E-state index in [4.69, 9.17) is 0 Å². The van der Waals surface area contributed by atoms with Crippen molar-refractivity contribution in [2.24, 2.45) is 0 Å². The molecule has 2 aromatic rings. The maximum Gasteiger partial charge on any atom is 0.136 e. The van der Waals surface area contributed by atoms with Crippen molar-refractivity contribution in [3.05, 3.63) is 40.1 Å². The van der Waals surface area contributed by atoms with Crippen LogP contribution in [0.4, 0.5) is 17.3 Å². The molecular weight excluding hydrogens is 328 g/mol. The number of rotatable bonds is 6. The summed E-state index contributed by atoms with van der Waals surface area (Å²) in [5, 5.41) is 6.60. The van der Waals surface area contributed by atoms with E-state index in [1.54, 1.807) is 0 Å². The molecule has 0 radical (unpaired) electrons. The van der Waals surface area contributed by atoms with E-state index < -0.39 is 0 Å². The van der Waals surface area contributed by atoms with Crippen LogP contribution in [-0.2, 0) is 6.42 Å². The molecule has 1 heterocycles. The molecule has 2 rings (SSSR count). The zero-order valence-corrected chi connectivity index (χ0v) is 14.3. The van der Waals surface area contributed by atoms with Gasteiger partial charge in [0.1, 0.15) is 17.5 Å². The van der Waals surface area contributed by atoms with Gasteiger partial charge in [-0.15, -0.1) is 0 Å². The van der Waals surface area contributed by atoms with Gasteiger partial charge >= 0.3 is 0 Å². The SMILES string of the molecule is CCCc1nc(NCC)cc(Nc2ccc(C)c(Br)c2)n1. The lowest BCUT2D eigenvalue weighted by atomic mass is 10.2. The van der Waals surface area contributed by atoms with E-state index in [0.717, 1.165) is 47.0 Å². The standard InChI is InChI=1S/C16H21BrN4/c1-4-6-14-20-15(18-5-2)10-16(21-14)19-12-8-7-11(3)13(17)9-12/h7-10H,4-6H2,1-3H3,(H2,18,19,20,21). The van der Waals surface area contributed by atoms with Gasteiger partial charge in [0.05, 0.1) is 0 Å². The van der Waals surface area contributed by atoms with Crippen LogP contribution in [0.3, 0.4) is 0 Å². The Hall–Kier alpha value is -1.62. The van der Waals surface area contributed by atoms with E-state index >= 15 is 0 Å². The quantitative estimate of drug-likeness (QED) is 0.795. The van der Waals surface area contributed by atoms with Crippen LogP contribution < -0.4 is 10.6 Å². The van der Waals surface area contributed by atoms with Crippen LogP contribution in [0.2, 0.25) is 0 Å². The Bertz CT molecular complexity index is 589. The molecule has 0 saturated heterocycles. The van der Waals surface area contributed by atoms with Crippen molar-refractivity contribution in [2.75, 3.05) is 17.2 Å². The topological polar surface area (TPSA) is 49.8 Å². The highest BCUT2D eigenvalue weighted by atomic mass is 79.9. The highest BCUT2D eigenvalue weighted by molar-refractivity contribution is 9.10. The molecule has 0 spiro atoms.